The van der Waals surface area contributed by atoms with Gasteiger partial charge in [0.05, 0.1) is 10.6 Å². The Morgan fingerprint density at radius 3 is 2.26 bits per heavy atom. The molecule has 0 aliphatic rings. The number of anilines is 1. The highest BCUT2D eigenvalue weighted by atomic mass is 35.5. The topological polar surface area (TPSA) is 93.2 Å². The van der Waals surface area contributed by atoms with Gasteiger partial charge in [-0.05, 0) is 31.2 Å². The zero-order chi connectivity index (χ0) is 17.3. The van der Waals surface area contributed by atoms with Crippen LogP contribution in [0, 0.1) is 0 Å². The van der Waals surface area contributed by atoms with E-state index in [1.54, 1.807) is 6.92 Å². The summed E-state index contributed by atoms with van der Waals surface area (Å²) in [5.74, 6) is -0.146. The minimum Gasteiger partial charge on any atom is -0.375 e. The van der Waals surface area contributed by atoms with E-state index < -0.39 is 19.7 Å². The maximum atomic E-state index is 12.7. The summed E-state index contributed by atoms with van der Waals surface area (Å²) in [5, 5.41) is 3.21. The summed E-state index contributed by atoms with van der Waals surface area (Å²) in [6.07, 6.45) is 0. The highest BCUT2D eigenvalue weighted by Crippen LogP contribution is 2.35. The number of hydrogen-bond donors (Lipinski definition) is 1. The Balaban J connectivity index is 2.63. The third kappa shape index (κ3) is 3.68. The van der Waals surface area contributed by atoms with Crippen molar-refractivity contribution in [2.75, 3.05) is 17.6 Å². The van der Waals surface area contributed by atoms with Crippen molar-refractivity contribution in [2.45, 2.75) is 28.1 Å². The molecule has 0 aliphatic carbocycles. The fourth-order valence-corrected chi connectivity index (χ4v) is 5.91. The highest BCUT2D eigenvalue weighted by Gasteiger charge is 2.29. The van der Waals surface area contributed by atoms with Gasteiger partial charge in [0.2, 0.25) is 24.0 Å². The lowest BCUT2D eigenvalue weighted by Gasteiger charge is -2.05. The normalized spacial score (nSPS) is 12.3. The lowest BCUT2D eigenvalue weighted by molar-refractivity contribution is 0.590. The van der Waals surface area contributed by atoms with E-state index in [-0.39, 0.29) is 25.0 Å². The van der Waals surface area contributed by atoms with Crippen molar-refractivity contribution in [1.82, 2.24) is 4.98 Å². The Hall–Kier alpha value is -1.16. The van der Waals surface area contributed by atoms with Gasteiger partial charge in [0.25, 0.3) is 0 Å². The summed E-state index contributed by atoms with van der Waals surface area (Å²) in [6, 6.07) is 5.64. The van der Waals surface area contributed by atoms with Gasteiger partial charge in [-0.2, -0.15) is 0 Å². The fourth-order valence-electron chi connectivity index (χ4n) is 1.72. The van der Waals surface area contributed by atoms with E-state index in [1.165, 1.54) is 31.2 Å². The van der Waals surface area contributed by atoms with E-state index in [4.69, 9.17) is 11.6 Å². The summed E-state index contributed by atoms with van der Waals surface area (Å²) in [6.45, 7) is 3.71. The second kappa shape index (κ2) is 6.76. The van der Waals surface area contributed by atoms with Crippen molar-refractivity contribution in [3.8, 4) is 0 Å². The number of aromatic nitrogens is 1. The predicted molar refractivity (Wildman–Crippen MR) is 90.9 cm³/mol. The molecule has 6 nitrogen and oxygen atoms in total. The average Bonchev–Trinajstić information content (AvgIpc) is 2.94. The molecule has 0 atom stereocenters. The molecule has 2 aromatic rings. The summed E-state index contributed by atoms with van der Waals surface area (Å²) in [7, 11) is -7.53. The van der Waals surface area contributed by atoms with Crippen LogP contribution in [0.5, 0.6) is 0 Å². The van der Waals surface area contributed by atoms with Gasteiger partial charge in [-0.3, -0.25) is 0 Å². The predicted octanol–water partition coefficient (Wildman–Crippen LogP) is 2.85. The van der Waals surface area contributed by atoms with Gasteiger partial charge in [0, 0.05) is 11.6 Å². The molecule has 0 amide bonds. The largest absolute Gasteiger partial charge is 0.375 e. The van der Waals surface area contributed by atoms with Gasteiger partial charge in [-0.25, -0.2) is 21.8 Å². The molecule has 0 aliphatic heterocycles. The van der Waals surface area contributed by atoms with Crippen LogP contribution in [0.2, 0.25) is 5.02 Å². The molecule has 0 fully saturated rings. The Kier molecular flexibility index (Phi) is 5.34. The van der Waals surface area contributed by atoms with Gasteiger partial charge < -0.3 is 5.32 Å². The number of rotatable bonds is 6. The molecule has 0 saturated heterocycles. The van der Waals surface area contributed by atoms with Gasteiger partial charge >= 0.3 is 0 Å². The van der Waals surface area contributed by atoms with Crippen LogP contribution in [0.3, 0.4) is 0 Å². The molecule has 1 heterocycles. The molecule has 1 aromatic heterocycles. The Morgan fingerprint density at radius 2 is 1.74 bits per heavy atom. The zero-order valence-corrected chi connectivity index (χ0v) is 15.6. The lowest BCUT2D eigenvalue weighted by atomic mass is 10.4. The van der Waals surface area contributed by atoms with Crippen molar-refractivity contribution in [2.24, 2.45) is 0 Å². The molecule has 1 aromatic carbocycles. The second-order valence-electron chi connectivity index (χ2n) is 4.51. The summed E-state index contributed by atoms with van der Waals surface area (Å²) in [5.41, 5.74) is 0. The van der Waals surface area contributed by atoms with Crippen molar-refractivity contribution < 1.29 is 16.8 Å². The highest BCUT2D eigenvalue weighted by molar-refractivity contribution is 7.94. The molecule has 10 heteroatoms. The third-order valence-corrected chi connectivity index (χ3v) is 8.22. The summed E-state index contributed by atoms with van der Waals surface area (Å²) < 4.78 is 49.2. The SMILES string of the molecule is CCNc1sc(S(=O)(=O)CC)nc1S(=O)(=O)c1ccc(Cl)cc1. The van der Waals surface area contributed by atoms with E-state index in [0.717, 1.165) is 11.3 Å². The van der Waals surface area contributed by atoms with Crippen molar-refractivity contribution in [3.05, 3.63) is 29.3 Å². The van der Waals surface area contributed by atoms with E-state index >= 15 is 0 Å². The molecule has 0 unspecified atom stereocenters. The van der Waals surface area contributed by atoms with E-state index in [1.807, 2.05) is 0 Å². The van der Waals surface area contributed by atoms with Crippen LogP contribution >= 0.6 is 22.9 Å². The molecular weight excluding hydrogens is 380 g/mol. The van der Waals surface area contributed by atoms with Crippen LogP contribution < -0.4 is 5.32 Å². The van der Waals surface area contributed by atoms with Crippen LogP contribution in [-0.2, 0) is 19.7 Å². The molecule has 23 heavy (non-hydrogen) atoms. The van der Waals surface area contributed by atoms with Gasteiger partial charge in [0.15, 0.2) is 5.03 Å². The van der Waals surface area contributed by atoms with Crippen LogP contribution in [-0.4, -0.2) is 34.1 Å². The molecule has 2 rings (SSSR count). The van der Waals surface area contributed by atoms with Crippen LogP contribution in [0.1, 0.15) is 13.8 Å². The number of benzene rings is 1. The van der Waals surface area contributed by atoms with Crippen LogP contribution in [0.15, 0.2) is 38.5 Å². The fraction of sp³-hybridized carbons (Fsp3) is 0.308. The Morgan fingerprint density at radius 1 is 1.13 bits per heavy atom. The standard InChI is InChI=1S/C13H15ClN2O4S3/c1-3-15-11-12(16-13(21-11)22(17,18)4-2)23(19,20)10-7-5-9(14)6-8-10/h5-8,15H,3-4H2,1-2H3. The van der Waals surface area contributed by atoms with E-state index in [0.29, 0.717) is 11.6 Å². The minimum atomic E-state index is -3.94. The van der Waals surface area contributed by atoms with Crippen molar-refractivity contribution >= 4 is 47.6 Å². The van der Waals surface area contributed by atoms with Crippen molar-refractivity contribution in [3.63, 3.8) is 0 Å². The summed E-state index contributed by atoms with van der Waals surface area (Å²) in [4.78, 5) is 3.90. The second-order valence-corrected chi connectivity index (χ2v) is 10.3. The Labute approximate surface area is 144 Å². The molecule has 0 radical (unpaired) electrons. The lowest BCUT2D eigenvalue weighted by Crippen LogP contribution is -2.08. The first-order chi connectivity index (χ1) is 10.7. The average molecular weight is 395 g/mol. The maximum absolute atomic E-state index is 12.7. The third-order valence-electron chi connectivity index (χ3n) is 2.94. The molecule has 1 N–H and O–H groups in total. The Bertz CT molecular complexity index is 903. The number of nitrogens with one attached hydrogen (secondary N) is 1. The van der Waals surface area contributed by atoms with Crippen LogP contribution in [0.4, 0.5) is 5.00 Å². The van der Waals surface area contributed by atoms with Gasteiger partial charge in [-0.1, -0.05) is 29.9 Å². The van der Waals surface area contributed by atoms with E-state index in [9.17, 15) is 16.8 Å². The van der Waals surface area contributed by atoms with Gasteiger partial charge in [-0.15, -0.1) is 0 Å². The first-order valence-electron chi connectivity index (χ1n) is 6.70. The molecular formula is C13H15ClN2O4S3. The van der Waals surface area contributed by atoms with Crippen molar-refractivity contribution in [1.29, 1.82) is 0 Å². The smallest absolute Gasteiger partial charge is 0.226 e. The number of hydrogen-bond acceptors (Lipinski definition) is 7. The molecule has 0 saturated carbocycles. The first kappa shape index (κ1) is 18.2. The van der Waals surface area contributed by atoms with E-state index in [2.05, 4.69) is 10.3 Å². The van der Waals surface area contributed by atoms with Gasteiger partial charge in [0.1, 0.15) is 5.00 Å². The minimum absolute atomic E-state index is 0.00630. The molecule has 0 spiro atoms. The molecule has 0 bridgehead atoms. The number of sulfone groups is 2. The van der Waals surface area contributed by atoms with Crippen LogP contribution in [0.25, 0.3) is 0 Å². The monoisotopic (exact) mass is 394 g/mol. The zero-order valence-electron chi connectivity index (χ0n) is 12.4. The molecule has 126 valence electrons. The number of halogens is 1. The number of nitrogens with zero attached hydrogens (tertiary/aromatic N) is 1. The quantitative estimate of drug-likeness (QED) is 0.809. The summed E-state index contributed by atoms with van der Waals surface area (Å²) >= 11 is 6.60. The number of thiazole rings is 1. The maximum Gasteiger partial charge on any atom is 0.226 e. The first-order valence-corrected chi connectivity index (χ1v) is 11.0.